The second-order valence-electron chi connectivity index (χ2n) is 8.06. The van der Waals surface area contributed by atoms with E-state index in [0.29, 0.717) is 5.69 Å². The number of hydrogen-bond acceptors (Lipinski definition) is 4. The smallest absolute Gasteiger partial charge is 0.387 e. The zero-order chi connectivity index (χ0) is 24.5. The quantitative estimate of drug-likeness (QED) is 0.346. The van der Waals surface area contributed by atoms with Crippen LogP contribution in [0, 0.1) is 13.8 Å². The number of carbonyl (C=O) groups excluding carboxylic acids is 1. The lowest BCUT2D eigenvalue weighted by atomic mass is 10.1. The normalized spacial score (nSPS) is 11.2. The van der Waals surface area contributed by atoms with Gasteiger partial charge in [-0.1, -0.05) is 12.1 Å². The summed E-state index contributed by atoms with van der Waals surface area (Å²) in [6.07, 6.45) is 7.25. The Kier molecular flexibility index (Phi) is 5.74. The number of fused-ring (bicyclic) bond motifs is 1. The molecule has 3 aromatic heterocycles. The summed E-state index contributed by atoms with van der Waals surface area (Å²) in [6, 6.07) is 15.4. The minimum Gasteiger partial charge on any atom is -0.435 e. The highest BCUT2D eigenvalue weighted by Gasteiger charge is 2.15. The summed E-state index contributed by atoms with van der Waals surface area (Å²) in [5, 5.41) is 7.53. The second-order valence-corrected chi connectivity index (χ2v) is 8.06. The highest BCUT2D eigenvalue weighted by molar-refractivity contribution is 6.05. The van der Waals surface area contributed by atoms with Crippen molar-refractivity contribution in [2.45, 2.75) is 20.5 Å². The van der Waals surface area contributed by atoms with Gasteiger partial charge in [0, 0.05) is 47.7 Å². The average molecular weight is 473 g/mol. The highest BCUT2D eigenvalue weighted by atomic mass is 19.3. The first-order chi connectivity index (χ1) is 16.9. The number of ether oxygens (including phenoxy) is 1. The van der Waals surface area contributed by atoms with Crippen molar-refractivity contribution in [3.05, 3.63) is 96.1 Å². The Balaban J connectivity index is 1.48. The lowest BCUT2D eigenvalue weighted by Gasteiger charge is -2.15. The molecule has 0 bridgehead atoms. The Morgan fingerprint density at radius 2 is 1.89 bits per heavy atom. The van der Waals surface area contributed by atoms with Crippen LogP contribution in [-0.2, 0) is 0 Å². The lowest BCUT2D eigenvalue weighted by Crippen LogP contribution is -2.14. The SMILES string of the molecule is Cc1cc(C)c(-n2ccn3nc(-c4cccnc4)cc23)cc1NC(=O)c1cccc(OC(F)F)c1. The van der Waals surface area contributed by atoms with Gasteiger partial charge >= 0.3 is 6.61 Å². The summed E-state index contributed by atoms with van der Waals surface area (Å²) < 4.78 is 33.3. The predicted octanol–water partition coefficient (Wildman–Crippen LogP) is 5.66. The topological polar surface area (TPSA) is 73.5 Å². The number of rotatable bonds is 6. The van der Waals surface area contributed by atoms with Crippen molar-refractivity contribution in [3.63, 3.8) is 0 Å². The van der Waals surface area contributed by atoms with E-state index in [9.17, 15) is 13.6 Å². The molecule has 0 saturated heterocycles. The molecule has 3 heterocycles. The molecule has 176 valence electrons. The maximum Gasteiger partial charge on any atom is 0.387 e. The third kappa shape index (κ3) is 4.48. The molecule has 0 aliphatic heterocycles. The van der Waals surface area contributed by atoms with Crippen molar-refractivity contribution < 1.29 is 18.3 Å². The van der Waals surface area contributed by atoms with E-state index >= 15 is 0 Å². The Labute approximate surface area is 199 Å². The van der Waals surface area contributed by atoms with E-state index in [2.05, 4.69) is 20.1 Å². The first-order valence-electron chi connectivity index (χ1n) is 10.8. The van der Waals surface area contributed by atoms with Crippen LogP contribution in [-0.4, -0.2) is 31.7 Å². The van der Waals surface area contributed by atoms with Gasteiger partial charge in [0.1, 0.15) is 11.4 Å². The summed E-state index contributed by atoms with van der Waals surface area (Å²) in [5.41, 5.74) is 6.13. The molecule has 5 rings (SSSR count). The van der Waals surface area contributed by atoms with Crippen LogP contribution in [0.25, 0.3) is 22.6 Å². The van der Waals surface area contributed by atoms with Gasteiger partial charge in [-0.15, -0.1) is 0 Å². The molecule has 0 aliphatic carbocycles. The Bertz CT molecular complexity index is 1530. The number of carbonyl (C=O) groups is 1. The highest BCUT2D eigenvalue weighted by Crippen LogP contribution is 2.28. The van der Waals surface area contributed by atoms with Crippen molar-refractivity contribution in [3.8, 4) is 22.7 Å². The molecule has 0 radical (unpaired) electrons. The van der Waals surface area contributed by atoms with E-state index in [4.69, 9.17) is 0 Å². The summed E-state index contributed by atoms with van der Waals surface area (Å²) in [4.78, 5) is 17.0. The van der Waals surface area contributed by atoms with Crippen molar-refractivity contribution >= 4 is 17.2 Å². The molecular weight excluding hydrogens is 452 g/mol. The molecule has 35 heavy (non-hydrogen) atoms. The molecule has 0 spiro atoms. The van der Waals surface area contributed by atoms with Crippen LogP contribution in [0.2, 0.25) is 0 Å². The van der Waals surface area contributed by atoms with Crippen LogP contribution in [0.1, 0.15) is 21.5 Å². The van der Waals surface area contributed by atoms with Crippen LogP contribution in [0.3, 0.4) is 0 Å². The van der Waals surface area contributed by atoms with Gasteiger partial charge in [-0.05, 0) is 61.4 Å². The van der Waals surface area contributed by atoms with Crippen molar-refractivity contribution in [1.82, 2.24) is 19.2 Å². The van der Waals surface area contributed by atoms with E-state index in [-0.39, 0.29) is 11.3 Å². The van der Waals surface area contributed by atoms with Crippen molar-refractivity contribution in [1.29, 1.82) is 0 Å². The van der Waals surface area contributed by atoms with E-state index < -0.39 is 12.5 Å². The van der Waals surface area contributed by atoms with Gasteiger partial charge < -0.3 is 10.1 Å². The van der Waals surface area contributed by atoms with Crippen LogP contribution in [0.5, 0.6) is 5.75 Å². The Morgan fingerprint density at radius 3 is 2.66 bits per heavy atom. The maximum absolute atomic E-state index is 12.9. The number of hydrogen-bond donors (Lipinski definition) is 1. The average Bonchev–Trinajstić information content (AvgIpc) is 3.42. The van der Waals surface area contributed by atoms with Gasteiger partial charge in [0.15, 0.2) is 0 Å². The molecule has 7 nitrogen and oxygen atoms in total. The summed E-state index contributed by atoms with van der Waals surface area (Å²) in [7, 11) is 0. The van der Waals surface area contributed by atoms with Crippen LogP contribution < -0.4 is 10.1 Å². The van der Waals surface area contributed by atoms with Gasteiger partial charge in [-0.25, -0.2) is 4.52 Å². The minimum absolute atomic E-state index is 0.0751. The van der Waals surface area contributed by atoms with E-state index in [0.717, 1.165) is 33.7 Å². The Hall–Kier alpha value is -4.53. The molecule has 9 heteroatoms. The molecule has 0 fully saturated rings. The summed E-state index contributed by atoms with van der Waals surface area (Å²) in [6.45, 7) is 0.928. The van der Waals surface area contributed by atoms with Gasteiger partial charge in [0.2, 0.25) is 0 Å². The second kappa shape index (κ2) is 9.02. The molecule has 2 aromatic carbocycles. The van der Waals surface area contributed by atoms with Gasteiger partial charge in [-0.2, -0.15) is 13.9 Å². The van der Waals surface area contributed by atoms with E-state index in [1.54, 1.807) is 23.0 Å². The third-order valence-electron chi connectivity index (χ3n) is 5.65. The third-order valence-corrected chi connectivity index (χ3v) is 5.65. The van der Waals surface area contributed by atoms with Crippen LogP contribution in [0.15, 0.2) is 79.4 Å². The zero-order valence-electron chi connectivity index (χ0n) is 18.9. The van der Waals surface area contributed by atoms with E-state index in [1.807, 2.05) is 61.1 Å². The number of aryl methyl sites for hydroxylation is 2. The molecule has 1 amide bonds. The molecule has 0 saturated carbocycles. The number of halogens is 2. The first kappa shape index (κ1) is 22.3. The number of alkyl halides is 2. The fourth-order valence-corrected chi connectivity index (χ4v) is 3.98. The van der Waals surface area contributed by atoms with E-state index in [1.165, 1.54) is 18.2 Å². The summed E-state index contributed by atoms with van der Waals surface area (Å²) >= 11 is 0. The summed E-state index contributed by atoms with van der Waals surface area (Å²) in [5.74, 6) is -0.502. The lowest BCUT2D eigenvalue weighted by molar-refractivity contribution is -0.0498. The maximum atomic E-state index is 12.9. The fraction of sp³-hybridized carbons (Fsp3) is 0.115. The Morgan fingerprint density at radius 1 is 1.03 bits per heavy atom. The number of nitrogens with zero attached hydrogens (tertiary/aromatic N) is 4. The number of aromatic nitrogens is 4. The van der Waals surface area contributed by atoms with Crippen molar-refractivity contribution in [2.75, 3.05) is 5.32 Å². The molecule has 0 aliphatic rings. The zero-order valence-corrected chi connectivity index (χ0v) is 18.9. The van der Waals surface area contributed by atoms with Crippen LogP contribution in [0.4, 0.5) is 14.5 Å². The van der Waals surface area contributed by atoms with Gasteiger partial charge in [-0.3, -0.25) is 14.3 Å². The van der Waals surface area contributed by atoms with Gasteiger partial charge in [0.05, 0.1) is 11.4 Å². The number of benzene rings is 2. The van der Waals surface area contributed by atoms with Crippen molar-refractivity contribution in [2.24, 2.45) is 0 Å². The molecular formula is C26H21F2N5O2. The molecule has 5 aromatic rings. The monoisotopic (exact) mass is 473 g/mol. The first-order valence-corrected chi connectivity index (χ1v) is 10.8. The van der Waals surface area contributed by atoms with Gasteiger partial charge in [0.25, 0.3) is 5.91 Å². The minimum atomic E-state index is -2.96. The number of amides is 1. The number of pyridine rings is 1. The van der Waals surface area contributed by atoms with Crippen LogP contribution >= 0.6 is 0 Å². The number of nitrogens with one attached hydrogen (secondary N) is 1. The standard InChI is InChI=1S/C26H21F2N5O2/c1-16-11-17(2)23(13-21(16)30-25(34)18-5-3-7-20(12-18)35-26(27)28)32-9-10-33-24(32)14-22(31-33)19-6-4-8-29-15-19/h3-15,26H,1-2H3,(H,30,34). The number of imidazole rings is 1. The fourth-order valence-electron chi connectivity index (χ4n) is 3.98. The largest absolute Gasteiger partial charge is 0.435 e. The molecule has 0 atom stereocenters. The predicted molar refractivity (Wildman–Crippen MR) is 128 cm³/mol. The number of anilines is 1. The molecule has 1 N–H and O–H groups in total. The molecule has 0 unspecified atom stereocenters.